The Morgan fingerprint density at radius 3 is 2.62 bits per heavy atom. The molecular formula is C13H9F2N3O3. The lowest BCUT2D eigenvalue weighted by Gasteiger charge is -2.21. The molecule has 3 rings (SSSR count). The number of piperidine rings is 1. The Kier molecular flexibility index (Phi) is 3.00. The van der Waals surface area contributed by atoms with Crippen molar-refractivity contribution in [1.82, 2.24) is 15.1 Å². The molecule has 1 fully saturated rings. The van der Waals surface area contributed by atoms with Crippen molar-refractivity contribution in [3.63, 3.8) is 0 Å². The van der Waals surface area contributed by atoms with Crippen LogP contribution < -0.4 is 10.9 Å². The maximum absolute atomic E-state index is 13.3. The largest absolute Gasteiger partial charge is 0.295 e. The lowest BCUT2D eigenvalue weighted by molar-refractivity contribution is -0.136. The van der Waals surface area contributed by atoms with E-state index in [4.69, 9.17) is 0 Å². The van der Waals surface area contributed by atoms with Crippen LogP contribution in [0.25, 0.3) is 10.8 Å². The lowest BCUT2D eigenvalue weighted by Crippen LogP contribution is -2.45. The maximum Gasteiger partial charge on any atom is 0.275 e. The fourth-order valence-electron chi connectivity index (χ4n) is 2.29. The van der Waals surface area contributed by atoms with Crippen molar-refractivity contribution < 1.29 is 18.4 Å². The summed E-state index contributed by atoms with van der Waals surface area (Å²) in [6, 6.07) is 0.706. The van der Waals surface area contributed by atoms with Crippen molar-refractivity contribution in [2.24, 2.45) is 0 Å². The highest BCUT2D eigenvalue weighted by atomic mass is 19.2. The summed E-state index contributed by atoms with van der Waals surface area (Å²) in [5.41, 5.74) is -0.708. The third kappa shape index (κ3) is 2.18. The zero-order chi connectivity index (χ0) is 15.1. The van der Waals surface area contributed by atoms with Crippen LogP contribution in [0, 0.1) is 11.6 Å². The number of halogens is 2. The molecule has 0 saturated carbocycles. The van der Waals surface area contributed by atoms with E-state index in [9.17, 15) is 23.2 Å². The quantitative estimate of drug-likeness (QED) is 0.783. The highest BCUT2D eigenvalue weighted by Crippen LogP contribution is 2.18. The van der Waals surface area contributed by atoms with Gasteiger partial charge in [-0.15, -0.1) is 0 Å². The summed E-state index contributed by atoms with van der Waals surface area (Å²) in [5, 5.41) is 6.00. The lowest BCUT2D eigenvalue weighted by atomic mass is 10.1. The molecule has 1 atom stereocenters. The van der Waals surface area contributed by atoms with E-state index in [-0.39, 0.29) is 23.6 Å². The van der Waals surface area contributed by atoms with Crippen molar-refractivity contribution in [1.29, 1.82) is 0 Å². The van der Waals surface area contributed by atoms with Gasteiger partial charge in [0.25, 0.3) is 11.5 Å². The number of carbonyl (C=O) groups is 2. The van der Waals surface area contributed by atoms with Gasteiger partial charge in [-0.3, -0.25) is 19.7 Å². The van der Waals surface area contributed by atoms with Crippen molar-refractivity contribution >= 4 is 22.6 Å². The molecule has 21 heavy (non-hydrogen) atoms. The number of rotatable bonds is 1. The van der Waals surface area contributed by atoms with Crippen LogP contribution in [-0.4, -0.2) is 21.6 Å². The van der Waals surface area contributed by atoms with Crippen LogP contribution in [0.15, 0.2) is 23.1 Å². The SMILES string of the molecule is O=C1CCC(n2ncc3cc(F)c(F)cc3c2=O)C(=O)N1. The summed E-state index contributed by atoms with van der Waals surface area (Å²) < 4.78 is 27.3. The monoisotopic (exact) mass is 293 g/mol. The van der Waals surface area contributed by atoms with Crippen LogP contribution in [0.5, 0.6) is 0 Å². The third-order valence-electron chi connectivity index (χ3n) is 3.36. The van der Waals surface area contributed by atoms with Crippen molar-refractivity contribution in [2.75, 3.05) is 0 Å². The number of nitrogens with zero attached hydrogens (tertiary/aromatic N) is 2. The van der Waals surface area contributed by atoms with E-state index in [0.29, 0.717) is 0 Å². The highest BCUT2D eigenvalue weighted by Gasteiger charge is 2.30. The molecule has 1 aromatic heterocycles. The number of imide groups is 1. The van der Waals surface area contributed by atoms with E-state index < -0.39 is 35.0 Å². The van der Waals surface area contributed by atoms with Gasteiger partial charge in [-0.1, -0.05) is 0 Å². The van der Waals surface area contributed by atoms with Crippen LogP contribution in [0.2, 0.25) is 0 Å². The summed E-state index contributed by atoms with van der Waals surface area (Å²) in [7, 11) is 0. The highest BCUT2D eigenvalue weighted by molar-refractivity contribution is 5.99. The van der Waals surface area contributed by atoms with Gasteiger partial charge in [0.2, 0.25) is 5.91 Å². The molecule has 2 amide bonds. The summed E-state index contributed by atoms with van der Waals surface area (Å²) in [6.07, 6.45) is 1.40. The van der Waals surface area contributed by atoms with Gasteiger partial charge in [0.05, 0.1) is 11.6 Å². The maximum atomic E-state index is 13.3. The molecule has 1 N–H and O–H groups in total. The predicted octanol–water partition coefficient (Wildman–Crippen LogP) is 0.652. The van der Waals surface area contributed by atoms with Crippen molar-refractivity contribution in [2.45, 2.75) is 18.9 Å². The van der Waals surface area contributed by atoms with Gasteiger partial charge in [0.15, 0.2) is 11.6 Å². The Bertz CT molecular complexity index is 831. The van der Waals surface area contributed by atoms with Crippen LogP contribution in [0.4, 0.5) is 8.78 Å². The molecule has 0 bridgehead atoms. The van der Waals surface area contributed by atoms with Crippen LogP contribution >= 0.6 is 0 Å². The first-order valence-electron chi connectivity index (χ1n) is 6.17. The topological polar surface area (TPSA) is 81.1 Å². The van der Waals surface area contributed by atoms with Gasteiger partial charge in [0.1, 0.15) is 6.04 Å². The first-order valence-corrected chi connectivity index (χ1v) is 6.17. The van der Waals surface area contributed by atoms with Gasteiger partial charge < -0.3 is 0 Å². The van der Waals surface area contributed by atoms with E-state index >= 15 is 0 Å². The molecule has 108 valence electrons. The number of aromatic nitrogens is 2. The summed E-state index contributed by atoms with van der Waals surface area (Å²) in [5.74, 6) is -3.29. The number of benzene rings is 1. The number of carbonyl (C=O) groups excluding carboxylic acids is 2. The average Bonchev–Trinajstić information content (AvgIpc) is 2.43. The minimum Gasteiger partial charge on any atom is -0.295 e. The normalized spacial score (nSPS) is 18.9. The van der Waals surface area contributed by atoms with Gasteiger partial charge >= 0.3 is 0 Å². The second-order valence-electron chi connectivity index (χ2n) is 4.71. The fraction of sp³-hybridized carbons (Fsp3) is 0.231. The van der Waals surface area contributed by atoms with Crippen LogP contribution in [0.3, 0.4) is 0 Å². The Morgan fingerprint density at radius 1 is 1.19 bits per heavy atom. The minimum atomic E-state index is -1.15. The number of fused-ring (bicyclic) bond motifs is 1. The van der Waals surface area contributed by atoms with E-state index in [2.05, 4.69) is 10.4 Å². The van der Waals surface area contributed by atoms with E-state index in [0.717, 1.165) is 16.8 Å². The molecule has 0 radical (unpaired) electrons. The molecule has 1 saturated heterocycles. The second-order valence-corrected chi connectivity index (χ2v) is 4.71. The minimum absolute atomic E-state index is 0.0754. The number of nitrogens with one attached hydrogen (secondary N) is 1. The fourth-order valence-corrected chi connectivity index (χ4v) is 2.29. The predicted molar refractivity (Wildman–Crippen MR) is 67.3 cm³/mol. The first kappa shape index (κ1) is 13.3. The van der Waals surface area contributed by atoms with Crippen molar-refractivity contribution in [3.8, 4) is 0 Å². The molecular weight excluding hydrogens is 284 g/mol. The molecule has 0 spiro atoms. The molecule has 1 unspecified atom stereocenters. The Morgan fingerprint density at radius 2 is 1.90 bits per heavy atom. The van der Waals surface area contributed by atoms with Gasteiger partial charge in [-0.2, -0.15) is 5.10 Å². The summed E-state index contributed by atoms with van der Waals surface area (Å²) >= 11 is 0. The zero-order valence-electron chi connectivity index (χ0n) is 10.6. The van der Waals surface area contributed by atoms with E-state index in [1.54, 1.807) is 0 Å². The number of amides is 2. The summed E-state index contributed by atoms with van der Waals surface area (Å²) in [6.45, 7) is 0. The molecule has 8 heteroatoms. The van der Waals surface area contributed by atoms with Gasteiger partial charge in [0, 0.05) is 11.8 Å². The smallest absolute Gasteiger partial charge is 0.275 e. The molecule has 0 aliphatic carbocycles. The molecule has 1 aromatic carbocycles. The number of hydrogen-bond donors (Lipinski definition) is 1. The van der Waals surface area contributed by atoms with Crippen LogP contribution in [0.1, 0.15) is 18.9 Å². The summed E-state index contributed by atoms with van der Waals surface area (Å²) in [4.78, 5) is 35.1. The van der Waals surface area contributed by atoms with Crippen molar-refractivity contribution in [3.05, 3.63) is 40.3 Å². The third-order valence-corrected chi connectivity index (χ3v) is 3.36. The second kappa shape index (κ2) is 4.72. The standard InChI is InChI=1S/C13H9F2N3O3/c14-8-3-6-5-16-18(13(21)7(6)4-9(8)15)10-1-2-11(19)17-12(10)20/h3-5,10H,1-2H2,(H,17,19,20). The molecule has 6 nitrogen and oxygen atoms in total. The molecule has 1 aliphatic heterocycles. The van der Waals surface area contributed by atoms with Gasteiger partial charge in [-0.05, 0) is 18.6 Å². The van der Waals surface area contributed by atoms with Crippen LogP contribution in [-0.2, 0) is 9.59 Å². The average molecular weight is 293 g/mol. The Labute approximate surface area is 116 Å². The van der Waals surface area contributed by atoms with E-state index in [1.807, 2.05) is 0 Å². The molecule has 1 aliphatic rings. The Balaban J connectivity index is 2.14. The molecule has 2 heterocycles. The zero-order valence-corrected chi connectivity index (χ0v) is 10.6. The number of hydrogen-bond acceptors (Lipinski definition) is 4. The first-order chi connectivity index (χ1) is 9.97. The van der Waals surface area contributed by atoms with E-state index in [1.165, 1.54) is 6.20 Å². The van der Waals surface area contributed by atoms with Gasteiger partial charge in [-0.25, -0.2) is 13.5 Å². The Hall–Kier alpha value is -2.64. The molecule has 2 aromatic rings.